The molecule has 1 fully saturated rings. The van der Waals surface area contributed by atoms with Gasteiger partial charge in [-0.2, -0.15) is 11.8 Å². The third-order valence-corrected chi connectivity index (χ3v) is 5.82. The molecule has 1 aliphatic heterocycles. The van der Waals surface area contributed by atoms with E-state index in [1.807, 2.05) is 28.8 Å². The summed E-state index contributed by atoms with van der Waals surface area (Å²) in [7, 11) is 0. The third-order valence-electron chi connectivity index (χ3n) is 4.88. The molecule has 0 spiro atoms. The summed E-state index contributed by atoms with van der Waals surface area (Å²) in [6.45, 7) is 3.26. The van der Waals surface area contributed by atoms with Gasteiger partial charge in [0.15, 0.2) is 0 Å². The molecule has 0 aliphatic carbocycles. The molecule has 8 heteroatoms. The van der Waals surface area contributed by atoms with Gasteiger partial charge in [-0.3, -0.25) is 4.79 Å². The Morgan fingerprint density at radius 1 is 1.07 bits per heavy atom. The predicted molar refractivity (Wildman–Crippen MR) is 116 cm³/mol. The highest BCUT2D eigenvalue weighted by Gasteiger charge is 2.17. The lowest BCUT2D eigenvalue weighted by atomic mass is 10.1. The lowest BCUT2D eigenvalue weighted by Crippen LogP contribution is -2.38. The summed E-state index contributed by atoms with van der Waals surface area (Å²) in [5.41, 5.74) is 1.40. The van der Waals surface area contributed by atoms with Crippen molar-refractivity contribution in [2.24, 2.45) is 0 Å². The molecule has 3 amide bonds. The van der Waals surface area contributed by atoms with Gasteiger partial charge in [-0.25, -0.2) is 13.6 Å². The van der Waals surface area contributed by atoms with Crippen LogP contribution in [0.25, 0.3) is 0 Å². The zero-order chi connectivity index (χ0) is 21.5. The molecule has 2 aromatic carbocycles. The van der Waals surface area contributed by atoms with Crippen molar-refractivity contribution in [3.63, 3.8) is 0 Å². The van der Waals surface area contributed by atoms with Gasteiger partial charge < -0.3 is 15.5 Å². The number of halogens is 2. The number of nitrogens with zero attached hydrogens (tertiary/aromatic N) is 1. The summed E-state index contributed by atoms with van der Waals surface area (Å²) >= 11 is 1.86. The minimum absolute atomic E-state index is 0.0436. The normalized spacial score (nSPS) is 14.8. The fraction of sp³-hybridized carbons (Fsp3) is 0.364. The van der Waals surface area contributed by atoms with E-state index in [4.69, 9.17) is 0 Å². The first-order chi connectivity index (χ1) is 14.4. The zero-order valence-electron chi connectivity index (χ0n) is 16.8. The Hall–Kier alpha value is -2.61. The number of rotatable bonds is 6. The Kier molecular flexibility index (Phi) is 7.68. The van der Waals surface area contributed by atoms with Gasteiger partial charge in [0.05, 0.1) is 6.42 Å². The maximum Gasteiger partial charge on any atom is 0.319 e. The van der Waals surface area contributed by atoms with Gasteiger partial charge in [-0.15, -0.1) is 0 Å². The first-order valence-corrected chi connectivity index (χ1v) is 11.0. The van der Waals surface area contributed by atoms with E-state index in [0.29, 0.717) is 12.1 Å². The quantitative estimate of drug-likeness (QED) is 0.728. The van der Waals surface area contributed by atoms with E-state index in [1.54, 1.807) is 19.1 Å². The van der Waals surface area contributed by atoms with Crippen LogP contribution in [-0.4, -0.2) is 47.5 Å². The van der Waals surface area contributed by atoms with Crippen LogP contribution in [0.4, 0.5) is 19.3 Å². The highest BCUT2D eigenvalue weighted by molar-refractivity contribution is 7.99. The van der Waals surface area contributed by atoms with E-state index in [0.717, 1.165) is 30.2 Å². The second-order valence-electron chi connectivity index (χ2n) is 7.27. The van der Waals surface area contributed by atoms with Gasteiger partial charge in [-0.05, 0) is 43.2 Å². The number of thioether (sulfide) groups is 1. The van der Waals surface area contributed by atoms with Crippen LogP contribution in [0.15, 0.2) is 42.5 Å². The summed E-state index contributed by atoms with van der Waals surface area (Å²) in [6, 6.07) is 9.86. The van der Waals surface area contributed by atoms with Gasteiger partial charge in [-0.1, -0.05) is 18.2 Å². The highest BCUT2D eigenvalue weighted by Crippen LogP contribution is 2.15. The molecule has 0 bridgehead atoms. The Labute approximate surface area is 179 Å². The van der Waals surface area contributed by atoms with Crippen LogP contribution in [0.5, 0.6) is 0 Å². The molecule has 5 nitrogen and oxygen atoms in total. The molecule has 1 saturated heterocycles. The predicted octanol–water partition coefficient (Wildman–Crippen LogP) is 3.84. The lowest BCUT2D eigenvalue weighted by Gasteiger charge is -2.26. The molecule has 30 heavy (non-hydrogen) atoms. The van der Waals surface area contributed by atoms with Gasteiger partial charge in [0.1, 0.15) is 11.6 Å². The number of nitrogens with one attached hydrogen (secondary N) is 2. The van der Waals surface area contributed by atoms with Crippen LogP contribution in [0.2, 0.25) is 0 Å². The Bertz CT molecular complexity index is 866. The third kappa shape index (κ3) is 6.19. The molecular weight excluding hydrogens is 408 g/mol. The molecule has 1 atom stereocenters. The summed E-state index contributed by atoms with van der Waals surface area (Å²) in [5, 5.41) is 5.37. The van der Waals surface area contributed by atoms with Crippen molar-refractivity contribution in [1.29, 1.82) is 0 Å². The van der Waals surface area contributed by atoms with Crippen LogP contribution >= 0.6 is 11.8 Å². The maximum atomic E-state index is 13.7. The van der Waals surface area contributed by atoms with Crippen molar-refractivity contribution in [2.45, 2.75) is 25.8 Å². The first kappa shape index (κ1) is 22.1. The van der Waals surface area contributed by atoms with E-state index in [1.165, 1.54) is 18.2 Å². The van der Waals surface area contributed by atoms with E-state index < -0.39 is 23.7 Å². The molecular formula is C22H25F2N3O2S. The number of urea groups is 1. The molecule has 1 aliphatic rings. The Morgan fingerprint density at radius 2 is 1.70 bits per heavy atom. The second-order valence-corrected chi connectivity index (χ2v) is 8.50. The van der Waals surface area contributed by atoms with Crippen LogP contribution in [0.3, 0.4) is 0 Å². The number of benzene rings is 2. The topological polar surface area (TPSA) is 61.4 Å². The fourth-order valence-corrected chi connectivity index (χ4v) is 4.18. The van der Waals surface area contributed by atoms with Crippen LogP contribution < -0.4 is 10.6 Å². The van der Waals surface area contributed by atoms with Crippen molar-refractivity contribution in [1.82, 2.24) is 10.2 Å². The molecule has 0 radical (unpaired) electrons. The highest BCUT2D eigenvalue weighted by atomic mass is 32.2. The number of carbonyl (C=O) groups excluding carboxylic acids is 2. The van der Waals surface area contributed by atoms with E-state index in [2.05, 4.69) is 10.6 Å². The standard InChI is InChI=1S/C22H25F2N3O2S/c1-15(13-18-19(23)3-2-4-20(18)24)25-22(29)26-17-7-5-16(6-8-17)14-21(28)27-9-11-30-12-10-27/h2-8,15H,9-14H2,1H3,(H2,25,26,29). The summed E-state index contributed by atoms with van der Waals surface area (Å²) in [4.78, 5) is 26.4. The minimum Gasteiger partial charge on any atom is -0.341 e. The number of amides is 3. The van der Waals surface area contributed by atoms with Crippen LogP contribution in [0, 0.1) is 11.6 Å². The van der Waals surface area contributed by atoms with E-state index in [-0.39, 0.29) is 17.9 Å². The minimum atomic E-state index is -0.627. The summed E-state index contributed by atoms with van der Waals surface area (Å²) in [6.07, 6.45) is 0.379. The van der Waals surface area contributed by atoms with Crippen molar-refractivity contribution < 1.29 is 18.4 Å². The SMILES string of the molecule is CC(Cc1c(F)cccc1F)NC(=O)Nc1ccc(CC(=O)N2CCSCC2)cc1. The van der Waals surface area contributed by atoms with Gasteiger partial charge in [0.25, 0.3) is 0 Å². The molecule has 1 heterocycles. The molecule has 2 aromatic rings. The molecule has 0 saturated carbocycles. The molecule has 2 N–H and O–H groups in total. The monoisotopic (exact) mass is 433 g/mol. The lowest BCUT2D eigenvalue weighted by molar-refractivity contribution is -0.130. The molecule has 3 rings (SSSR count). The maximum absolute atomic E-state index is 13.7. The second kappa shape index (κ2) is 10.4. The zero-order valence-corrected chi connectivity index (χ0v) is 17.6. The van der Waals surface area contributed by atoms with Crippen LogP contribution in [-0.2, 0) is 17.6 Å². The van der Waals surface area contributed by atoms with Crippen molar-refractivity contribution in [2.75, 3.05) is 29.9 Å². The Balaban J connectivity index is 1.48. The van der Waals surface area contributed by atoms with E-state index >= 15 is 0 Å². The van der Waals surface area contributed by atoms with Crippen molar-refractivity contribution in [3.05, 3.63) is 65.2 Å². The summed E-state index contributed by atoms with van der Waals surface area (Å²) < 4.78 is 27.5. The van der Waals surface area contributed by atoms with Gasteiger partial charge in [0, 0.05) is 41.9 Å². The largest absolute Gasteiger partial charge is 0.341 e. The van der Waals surface area contributed by atoms with Crippen molar-refractivity contribution in [3.8, 4) is 0 Å². The molecule has 160 valence electrons. The summed E-state index contributed by atoms with van der Waals surface area (Å²) in [5.74, 6) is 0.815. The van der Waals surface area contributed by atoms with Gasteiger partial charge >= 0.3 is 6.03 Å². The van der Waals surface area contributed by atoms with Gasteiger partial charge in [0.2, 0.25) is 5.91 Å². The number of anilines is 1. The molecule has 1 unspecified atom stereocenters. The first-order valence-electron chi connectivity index (χ1n) is 9.87. The smallest absolute Gasteiger partial charge is 0.319 e. The Morgan fingerprint density at radius 3 is 2.33 bits per heavy atom. The van der Waals surface area contributed by atoms with E-state index in [9.17, 15) is 18.4 Å². The number of hydrogen-bond acceptors (Lipinski definition) is 3. The number of hydrogen-bond donors (Lipinski definition) is 2. The molecule has 0 aromatic heterocycles. The average molecular weight is 434 g/mol. The van der Waals surface area contributed by atoms with Crippen LogP contribution in [0.1, 0.15) is 18.1 Å². The number of carbonyl (C=O) groups is 2. The average Bonchev–Trinajstić information content (AvgIpc) is 2.73. The fourth-order valence-electron chi connectivity index (χ4n) is 3.28. The van der Waals surface area contributed by atoms with Crippen molar-refractivity contribution >= 4 is 29.4 Å².